The molecule has 1 amide bonds. The first-order valence-corrected chi connectivity index (χ1v) is 11.1. The van der Waals surface area contributed by atoms with E-state index in [-0.39, 0.29) is 11.7 Å². The molecule has 0 unspecified atom stereocenters. The molecule has 2 aromatic heterocycles. The van der Waals surface area contributed by atoms with Crippen LogP contribution >= 0.6 is 0 Å². The van der Waals surface area contributed by atoms with Gasteiger partial charge in [-0.3, -0.25) is 9.20 Å². The molecule has 4 aromatic rings. The number of anilines is 2. The van der Waals surface area contributed by atoms with Crippen molar-refractivity contribution in [2.75, 3.05) is 43.4 Å². The van der Waals surface area contributed by atoms with Crippen LogP contribution in [0.25, 0.3) is 28.0 Å². The topological polar surface area (TPSA) is 52.9 Å². The second-order valence-electron chi connectivity index (χ2n) is 8.50. The second-order valence-corrected chi connectivity index (χ2v) is 8.50. The molecule has 0 saturated carbocycles. The lowest BCUT2D eigenvalue weighted by Gasteiger charge is -2.34. The highest BCUT2D eigenvalue weighted by Crippen LogP contribution is 2.31. The minimum Gasteiger partial charge on any atom is -0.369 e. The molecule has 6 nitrogen and oxygen atoms in total. The number of imidazole rings is 1. The average molecular weight is 444 g/mol. The number of carbonyl (C=O) groups excluding carboxylic acids is 1. The molecule has 0 atom stereocenters. The van der Waals surface area contributed by atoms with Crippen molar-refractivity contribution in [1.82, 2.24) is 14.3 Å². The van der Waals surface area contributed by atoms with Crippen LogP contribution in [0.15, 0.2) is 67.0 Å². The number of likely N-dealkylation sites (N-methyl/N-ethyl adjacent to an activating group) is 1. The number of fused-ring (bicyclic) bond motifs is 1. The van der Waals surface area contributed by atoms with Gasteiger partial charge in [0.1, 0.15) is 5.82 Å². The van der Waals surface area contributed by atoms with Gasteiger partial charge >= 0.3 is 0 Å². The third-order valence-electron chi connectivity index (χ3n) is 6.13. The number of hydrogen-bond donors (Lipinski definition) is 1. The number of benzene rings is 2. The largest absolute Gasteiger partial charge is 0.369 e. The summed E-state index contributed by atoms with van der Waals surface area (Å²) in [5.74, 6) is -0.446. The lowest BCUT2D eigenvalue weighted by molar-refractivity contribution is -0.114. The van der Waals surface area contributed by atoms with Gasteiger partial charge < -0.3 is 15.1 Å². The van der Waals surface area contributed by atoms with Crippen molar-refractivity contribution in [2.24, 2.45) is 0 Å². The van der Waals surface area contributed by atoms with Gasteiger partial charge in [-0.05, 0) is 55.1 Å². The van der Waals surface area contributed by atoms with Crippen LogP contribution in [0.1, 0.15) is 6.92 Å². The summed E-state index contributed by atoms with van der Waals surface area (Å²) in [4.78, 5) is 21.1. The summed E-state index contributed by atoms with van der Waals surface area (Å²) >= 11 is 0. The van der Waals surface area contributed by atoms with Crippen LogP contribution in [-0.2, 0) is 4.79 Å². The zero-order chi connectivity index (χ0) is 22.9. The van der Waals surface area contributed by atoms with Gasteiger partial charge in [0.2, 0.25) is 5.91 Å². The minimum atomic E-state index is -0.285. The number of halogens is 1. The van der Waals surface area contributed by atoms with E-state index < -0.39 is 0 Å². The summed E-state index contributed by atoms with van der Waals surface area (Å²) in [6.45, 7) is 5.64. The Balaban J connectivity index is 1.55. The molecular formula is C26H26FN5O. The Morgan fingerprint density at radius 3 is 2.27 bits per heavy atom. The van der Waals surface area contributed by atoms with E-state index in [0.29, 0.717) is 11.3 Å². The van der Waals surface area contributed by atoms with E-state index in [2.05, 4.69) is 51.4 Å². The Morgan fingerprint density at radius 2 is 1.61 bits per heavy atom. The number of amides is 1. The molecule has 3 heterocycles. The van der Waals surface area contributed by atoms with E-state index in [4.69, 9.17) is 0 Å². The number of nitrogens with one attached hydrogen (secondary N) is 1. The quantitative estimate of drug-likeness (QED) is 0.504. The Morgan fingerprint density at radius 1 is 0.939 bits per heavy atom. The van der Waals surface area contributed by atoms with Gasteiger partial charge in [0, 0.05) is 56.1 Å². The fourth-order valence-corrected chi connectivity index (χ4v) is 4.29. The SMILES string of the molecule is CC(=O)Nc1cc(-c2ccc(N3CCN(C)CC3)cc2)cn2c(-c3ccc(F)cc3)cnc12. The van der Waals surface area contributed by atoms with E-state index in [1.165, 1.54) is 24.7 Å². The maximum atomic E-state index is 13.4. The average Bonchev–Trinajstić information content (AvgIpc) is 3.24. The smallest absolute Gasteiger partial charge is 0.221 e. The third kappa shape index (κ3) is 4.32. The van der Waals surface area contributed by atoms with E-state index in [9.17, 15) is 9.18 Å². The molecule has 33 heavy (non-hydrogen) atoms. The molecule has 0 radical (unpaired) electrons. The number of hydrogen-bond acceptors (Lipinski definition) is 4. The standard InChI is InChI=1S/C26H26FN5O/c1-18(33)29-24-15-21(19-5-9-23(10-6-19)31-13-11-30(2)12-14-31)17-32-25(16-28-26(24)32)20-3-7-22(27)8-4-20/h3-10,15-17H,11-14H2,1-2H3,(H,29,33). The Labute approximate surface area is 192 Å². The summed E-state index contributed by atoms with van der Waals surface area (Å²) in [7, 11) is 2.15. The molecule has 1 N–H and O–H groups in total. The van der Waals surface area contributed by atoms with Gasteiger partial charge in [-0.2, -0.15) is 0 Å². The Hall–Kier alpha value is -3.71. The van der Waals surface area contributed by atoms with E-state index >= 15 is 0 Å². The van der Waals surface area contributed by atoms with Crippen LogP contribution in [0.4, 0.5) is 15.8 Å². The number of nitrogens with zero attached hydrogens (tertiary/aromatic N) is 4. The third-order valence-corrected chi connectivity index (χ3v) is 6.13. The summed E-state index contributed by atoms with van der Waals surface area (Å²) in [6.07, 6.45) is 3.76. The van der Waals surface area contributed by atoms with Gasteiger partial charge in [0.15, 0.2) is 5.65 Å². The van der Waals surface area contributed by atoms with Crippen molar-refractivity contribution in [2.45, 2.75) is 6.92 Å². The summed E-state index contributed by atoms with van der Waals surface area (Å²) in [6, 6.07) is 16.8. The number of carbonyl (C=O) groups is 1. The van der Waals surface area contributed by atoms with Gasteiger partial charge in [0.05, 0.1) is 17.6 Å². The maximum absolute atomic E-state index is 13.4. The minimum absolute atomic E-state index is 0.161. The molecule has 1 saturated heterocycles. The van der Waals surface area contributed by atoms with Crippen LogP contribution in [0, 0.1) is 5.82 Å². The van der Waals surface area contributed by atoms with Gasteiger partial charge in [0.25, 0.3) is 0 Å². The number of rotatable bonds is 4. The van der Waals surface area contributed by atoms with Crippen molar-refractivity contribution in [3.63, 3.8) is 0 Å². The second kappa shape index (κ2) is 8.67. The molecule has 168 valence electrons. The van der Waals surface area contributed by atoms with Crippen LogP contribution in [0.5, 0.6) is 0 Å². The number of piperazine rings is 1. The first-order valence-electron chi connectivity index (χ1n) is 11.1. The highest BCUT2D eigenvalue weighted by atomic mass is 19.1. The molecule has 1 aliphatic rings. The lowest BCUT2D eigenvalue weighted by Crippen LogP contribution is -2.44. The van der Waals surface area contributed by atoms with Gasteiger partial charge in [-0.15, -0.1) is 0 Å². The van der Waals surface area contributed by atoms with Crippen molar-refractivity contribution in [3.8, 4) is 22.4 Å². The van der Waals surface area contributed by atoms with Gasteiger partial charge in [-0.25, -0.2) is 9.37 Å². The highest BCUT2D eigenvalue weighted by molar-refractivity contribution is 5.94. The Kier molecular flexibility index (Phi) is 5.56. The normalized spacial score (nSPS) is 14.6. The van der Waals surface area contributed by atoms with Crippen LogP contribution in [0.2, 0.25) is 0 Å². The fourth-order valence-electron chi connectivity index (χ4n) is 4.29. The van der Waals surface area contributed by atoms with E-state index in [0.717, 1.165) is 48.6 Å². The van der Waals surface area contributed by atoms with Crippen LogP contribution in [-0.4, -0.2) is 53.4 Å². The number of pyridine rings is 1. The molecule has 0 bridgehead atoms. The summed E-state index contributed by atoms with van der Waals surface area (Å²) in [5, 5.41) is 2.90. The predicted octanol–water partition coefficient (Wildman–Crippen LogP) is 4.52. The van der Waals surface area contributed by atoms with Crippen LogP contribution < -0.4 is 10.2 Å². The molecule has 0 aliphatic carbocycles. The zero-order valence-electron chi connectivity index (χ0n) is 18.8. The van der Waals surface area contributed by atoms with Crippen LogP contribution in [0.3, 0.4) is 0 Å². The molecule has 5 rings (SSSR count). The molecular weight excluding hydrogens is 417 g/mol. The number of aromatic nitrogens is 2. The van der Waals surface area contributed by atoms with Crippen molar-refractivity contribution in [1.29, 1.82) is 0 Å². The van der Waals surface area contributed by atoms with Crippen molar-refractivity contribution < 1.29 is 9.18 Å². The lowest BCUT2D eigenvalue weighted by atomic mass is 10.1. The van der Waals surface area contributed by atoms with Crippen molar-refractivity contribution >= 4 is 22.9 Å². The fraction of sp³-hybridized carbons (Fsp3) is 0.231. The Bertz CT molecular complexity index is 1290. The van der Waals surface area contributed by atoms with Crippen molar-refractivity contribution in [3.05, 3.63) is 72.8 Å². The molecule has 7 heteroatoms. The summed E-state index contributed by atoms with van der Waals surface area (Å²) < 4.78 is 15.4. The highest BCUT2D eigenvalue weighted by Gasteiger charge is 2.16. The molecule has 1 fully saturated rings. The summed E-state index contributed by atoms with van der Waals surface area (Å²) in [5.41, 5.74) is 6.16. The molecule has 0 spiro atoms. The monoisotopic (exact) mass is 443 g/mol. The first-order chi connectivity index (χ1) is 16.0. The van der Waals surface area contributed by atoms with Gasteiger partial charge in [-0.1, -0.05) is 12.1 Å². The van der Waals surface area contributed by atoms with E-state index in [1.807, 2.05) is 16.7 Å². The molecule has 2 aromatic carbocycles. The zero-order valence-corrected chi connectivity index (χ0v) is 18.8. The molecule has 1 aliphatic heterocycles. The maximum Gasteiger partial charge on any atom is 0.221 e. The first kappa shape index (κ1) is 21.2. The van der Waals surface area contributed by atoms with E-state index in [1.54, 1.807) is 18.3 Å². The predicted molar refractivity (Wildman–Crippen MR) is 130 cm³/mol.